The normalized spacial score (nSPS) is 15.7. The minimum Gasteiger partial charge on any atom is -0.341 e. The Morgan fingerprint density at radius 3 is 2.56 bits per heavy atom. The summed E-state index contributed by atoms with van der Waals surface area (Å²) in [5.41, 5.74) is 5.45. The molecule has 10 nitrogen and oxygen atoms in total. The summed E-state index contributed by atoms with van der Waals surface area (Å²) in [7, 11) is 0. The Morgan fingerprint density at radius 2 is 1.85 bits per heavy atom. The fraction of sp³-hybridized carbons (Fsp3) is 0.452. The van der Waals surface area contributed by atoms with E-state index in [1.807, 2.05) is 41.6 Å². The smallest absolute Gasteiger partial charge is 0.278 e. The maximum atomic E-state index is 13.4. The topological polar surface area (TPSA) is 101 Å². The number of anilines is 2. The lowest BCUT2D eigenvalue weighted by molar-refractivity contribution is -0.136. The maximum Gasteiger partial charge on any atom is 0.278 e. The van der Waals surface area contributed by atoms with Crippen LogP contribution in [0.5, 0.6) is 0 Å². The zero-order valence-corrected chi connectivity index (χ0v) is 24.5. The highest BCUT2D eigenvalue weighted by molar-refractivity contribution is 5.79. The van der Waals surface area contributed by atoms with Crippen LogP contribution in [-0.2, 0) is 23.2 Å². The van der Waals surface area contributed by atoms with Gasteiger partial charge in [0.05, 0.1) is 12.2 Å². The van der Waals surface area contributed by atoms with E-state index in [0.29, 0.717) is 23.5 Å². The van der Waals surface area contributed by atoms with E-state index < -0.39 is 0 Å². The number of nitrogens with one attached hydrogen (secondary N) is 1. The first kappa shape index (κ1) is 27.1. The Bertz CT molecular complexity index is 1680. The lowest BCUT2D eigenvalue weighted by Gasteiger charge is -2.35. The summed E-state index contributed by atoms with van der Waals surface area (Å²) < 4.78 is 3.61. The van der Waals surface area contributed by atoms with Gasteiger partial charge in [-0.05, 0) is 62.1 Å². The first-order valence-corrected chi connectivity index (χ1v) is 14.4. The van der Waals surface area contributed by atoms with Crippen molar-refractivity contribution in [2.45, 2.75) is 65.5 Å². The number of hydrogen-bond acceptors (Lipinski definition) is 7. The quantitative estimate of drug-likeness (QED) is 0.381. The lowest BCUT2D eigenvalue weighted by Crippen LogP contribution is -2.47. The molecule has 0 radical (unpaired) electrons. The molecule has 0 atom stereocenters. The average Bonchev–Trinajstić information content (AvgIpc) is 3.19. The molecule has 2 aliphatic rings. The molecule has 1 amide bonds. The lowest BCUT2D eigenvalue weighted by atomic mass is 9.91. The summed E-state index contributed by atoms with van der Waals surface area (Å²) in [6.07, 6.45) is 5.39. The number of benzene rings is 1. The fourth-order valence-corrected chi connectivity index (χ4v) is 5.55. The van der Waals surface area contributed by atoms with Gasteiger partial charge in [0.15, 0.2) is 5.65 Å². The summed E-state index contributed by atoms with van der Waals surface area (Å²) >= 11 is 0. The molecule has 1 saturated heterocycles. The molecular formula is C31H38N8O2. The molecule has 1 aromatic carbocycles. The second-order valence-corrected chi connectivity index (χ2v) is 12.4. The number of carbonyl (C=O) groups excluding carboxylic acids is 1. The highest BCUT2D eigenvalue weighted by Crippen LogP contribution is 2.27. The van der Waals surface area contributed by atoms with Gasteiger partial charge in [-0.15, -0.1) is 0 Å². The van der Waals surface area contributed by atoms with Gasteiger partial charge in [-0.25, -0.2) is 14.3 Å². The van der Waals surface area contributed by atoms with E-state index in [2.05, 4.69) is 53.1 Å². The number of aromatic nitrogens is 5. The first-order valence-electron chi connectivity index (χ1n) is 14.4. The Kier molecular flexibility index (Phi) is 6.89. The van der Waals surface area contributed by atoms with Gasteiger partial charge in [0, 0.05) is 61.4 Å². The molecule has 4 aromatic rings. The third-order valence-corrected chi connectivity index (χ3v) is 7.99. The Morgan fingerprint density at radius 1 is 1.05 bits per heavy atom. The number of amides is 1. The number of nitrogens with zero attached hydrogens (tertiary/aromatic N) is 7. The summed E-state index contributed by atoms with van der Waals surface area (Å²) in [5.74, 6) is 0.659. The zero-order chi connectivity index (χ0) is 28.9. The van der Waals surface area contributed by atoms with E-state index in [0.717, 1.165) is 56.1 Å². The molecule has 10 heteroatoms. The van der Waals surface area contributed by atoms with Crippen LogP contribution in [0.4, 0.5) is 11.6 Å². The summed E-state index contributed by atoms with van der Waals surface area (Å²) in [5, 5.41) is 3.83. The van der Waals surface area contributed by atoms with E-state index in [1.54, 1.807) is 17.1 Å². The molecule has 5 heterocycles. The van der Waals surface area contributed by atoms with Gasteiger partial charge in [-0.3, -0.25) is 19.5 Å². The van der Waals surface area contributed by atoms with Crippen LogP contribution in [0, 0.1) is 0 Å². The van der Waals surface area contributed by atoms with Crippen LogP contribution < -0.4 is 10.9 Å². The van der Waals surface area contributed by atoms with Crippen LogP contribution in [0.3, 0.4) is 0 Å². The molecule has 1 N–H and O–H groups in total. The van der Waals surface area contributed by atoms with Gasteiger partial charge >= 0.3 is 0 Å². The maximum absolute atomic E-state index is 13.4. The summed E-state index contributed by atoms with van der Waals surface area (Å²) in [6, 6.07) is 10.1. The fourth-order valence-electron chi connectivity index (χ4n) is 5.55. The number of carbonyl (C=O) groups is 1. The molecule has 214 valence electrons. The van der Waals surface area contributed by atoms with Gasteiger partial charge in [0.25, 0.3) is 5.56 Å². The predicted molar refractivity (Wildman–Crippen MR) is 160 cm³/mol. The van der Waals surface area contributed by atoms with Crippen LogP contribution >= 0.6 is 0 Å². The number of likely N-dealkylation sites (tertiary alicyclic amines) is 1. The number of pyridine rings is 1. The Hall–Kier alpha value is -4.05. The Labute approximate surface area is 240 Å². The van der Waals surface area contributed by atoms with Gasteiger partial charge < -0.3 is 10.2 Å². The molecule has 1 fully saturated rings. The van der Waals surface area contributed by atoms with Gasteiger partial charge in [-0.2, -0.15) is 4.98 Å². The molecule has 0 spiro atoms. The molecule has 0 aliphatic carbocycles. The average molecular weight is 555 g/mol. The van der Waals surface area contributed by atoms with Crippen molar-refractivity contribution in [3.8, 4) is 5.69 Å². The zero-order valence-electron chi connectivity index (χ0n) is 24.5. The summed E-state index contributed by atoms with van der Waals surface area (Å²) in [4.78, 5) is 43.9. The molecule has 41 heavy (non-hydrogen) atoms. The van der Waals surface area contributed by atoms with E-state index in [9.17, 15) is 9.59 Å². The van der Waals surface area contributed by atoms with Crippen LogP contribution in [0.2, 0.25) is 0 Å². The number of rotatable bonds is 6. The highest BCUT2D eigenvalue weighted by Gasteiger charge is 2.25. The van der Waals surface area contributed by atoms with Crippen molar-refractivity contribution in [3.05, 3.63) is 69.9 Å². The van der Waals surface area contributed by atoms with Crippen LogP contribution in [-0.4, -0.2) is 66.2 Å². The second-order valence-electron chi connectivity index (χ2n) is 12.4. The van der Waals surface area contributed by atoms with Crippen molar-refractivity contribution in [1.29, 1.82) is 0 Å². The predicted octanol–water partition coefficient (Wildman–Crippen LogP) is 4.19. The van der Waals surface area contributed by atoms with E-state index >= 15 is 0 Å². The van der Waals surface area contributed by atoms with Crippen molar-refractivity contribution < 1.29 is 4.79 Å². The standard InChI is InChI=1S/C31H38N8O2/c1-20(2)38-29(41)25-17-33-30(35-28(25)39(38)24-9-11-32-26(16-24)31(3,4)5)34-23-8-7-22-18-36(14-10-21(22)15-23)19-27(40)37-12-6-13-37/h7-9,11,15-17,20H,6,10,12-14,18-19H2,1-5H3,(H,33,34,35). The highest BCUT2D eigenvalue weighted by atomic mass is 16.2. The minimum atomic E-state index is -0.142. The third-order valence-electron chi connectivity index (χ3n) is 7.99. The molecule has 0 saturated carbocycles. The van der Waals surface area contributed by atoms with E-state index in [1.165, 1.54) is 11.1 Å². The van der Waals surface area contributed by atoms with E-state index in [4.69, 9.17) is 4.98 Å². The van der Waals surface area contributed by atoms with Crippen LogP contribution in [0.15, 0.2) is 47.5 Å². The van der Waals surface area contributed by atoms with Crippen molar-refractivity contribution >= 4 is 28.6 Å². The third kappa shape index (κ3) is 5.24. The largest absolute Gasteiger partial charge is 0.341 e. The molecule has 2 aliphatic heterocycles. The summed E-state index contributed by atoms with van der Waals surface area (Å²) in [6.45, 7) is 14.2. The molecule has 0 bridgehead atoms. The molecular weight excluding hydrogens is 516 g/mol. The number of fused-ring (bicyclic) bond motifs is 2. The van der Waals surface area contributed by atoms with Gasteiger partial charge in [0.1, 0.15) is 5.39 Å². The van der Waals surface area contributed by atoms with Crippen molar-refractivity contribution in [2.75, 3.05) is 31.5 Å². The van der Waals surface area contributed by atoms with Crippen LogP contribution in [0.1, 0.15) is 63.9 Å². The van der Waals surface area contributed by atoms with E-state index in [-0.39, 0.29) is 22.9 Å². The SMILES string of the molecule is CC(C)n1c(=O)c2cnc(Nc3ccc4c(c3)CCN(CC(=O)N3CCC3)C4)nc2n1-c1ccnc(C(C)(C)C)c1. The van der Waals surface area contributed by atoms with Gasteiger partial charge in [-0.1, -0.05) is 26.8 Å². The first-order chi connectivity index (χ1) is 19.6. The van der Waals surface area contributed by atoms with Crippen LogP contribution in [0.25, 0.3) is 16.7 Å². The monoisotopic (exact) mass is 554 g/mol. The van der Waals surface area contributed by atoms with Crippen molar-refractivity contribution in [2.24, 2.45) is 0 Å². The second kappa shape index (κ2) is 10.4. The Balaban J connectivity index is 1.29. The van der Waals surface area contributed by atoms with Crippen molar-refractivity contribution in [1.82, 2.24) is 34.1 Å². The molecule has 3 aromatic heterocycles. The van der Waals surface area contributed by atoms with Crippen molar-refractivity contribution in [3.63, 3.8) is 0 Å². The minimum absolute atomic E-state index is 0.0826. The number of hydrogen-bond donors (Lipinski definition) is 1. The molecule has 6 rings (SSSR count). The van der Waals surface area contributed by atoms with Gasteiger partial charge in [0.2, 0.25) is 11.9 Å². The molecule has 0 unspecified atom stereocenters.